The Bertz CT molecular complexity index is 1380. The Kier molecular flexibility index (Phi) is 5.57. The highest BCUT2D eigenvalue weighted by Crippen LogP contribution is 2.51. The number of nitrogens with one attached hydrogen (secondary N) is 1. The van der Waals surface area contributed by atoms with Gasteiger partial charge in [0.2, 0.25) is 5.91 Å². The smallest absolute Gasteiger partial charge is 0.232 e. The summed E-state index contributed by atoms with van der Waals surface area (Å²) in [6.45, 7) is 0. The molecule has 1 amide bonds. The number of allylic oxidation sites excluding steroid dienone is 1. The zero-order valence-electron chi connectivity index (χ0n) is 19.5. The molecule has 2 unspecified atom stereocenters. The van der Waals surface area contributed by atoms with Crippen molar-refractivity contribution >= 4 is 29.3 Å². The minimum atomic E-state index is -0.358. The van der Waals surface area contributed by atoms with Gasteiger partial charge in [-0.3, -0.25) is 4.79 Å². The van der Waals surface area contributed by atoms with E-state index in [1.165, 1.54) is 0 Å². The Balaban J connectivity index is 1.43. The number of halogens is 1. The molecule has 0 fully saturated rings. The lowest BCUT2D eigenvalue weighted by molar-refractivity contribution is -0.117. The maximum absolute atomic E-state index is 13.4. The van der Waals surface area contributed by atoms with E-state index in [0.29, 0.717) is 18.1 Å². The van der Waals surface area contributed by atoms with Crippen molar-refractivity contribution in [1.29, 1.82) is 0 Å². The van der Waals surface area contributed by atoms with Crippen molar-refractivity contribution in [2.75, 3.05) is 11.2 Å². The van der Waals surface area contributed by atoms with E-state index < -0.39 is 0 Å². The van der Waals surface area contributed by atoms with E-state index in [0.717, 1.165) is 82.3 Å². The first kappa shape index (κ1) is 22.2. The predicted molar refractivity (Wildman–Crippen MR) is 140 cm³/mol. The summed E-state index contributed by atoms with van der Waals surface area (Å²) < 4.78 is 0. The van der Waals surface area contributed by atoms with Crippen molar-refractivity contribution in [2.24, 2.45) is 0 Å². The zero-order valence-corrected chi connectivity index (χ0v) is 20.2. The monoisotopic (exact) mass is 485 g/mol. The van der Waals surface area contributed by atoms with Gasteiger partial charge in [0.15, 0.2) is 0 Å². The summed E-state index contributed by atoms with van der Waals surface area (Å²) in [6.07, 6.45) is 7.02. The van der Waals surface area contributed by atoms with Gasteiger partial charge in [-0.2, -0.15) is 0 Å². The predicted octanol–water partition coefficient (Wildman–Crippen LogP) is 6.22. The molecule has 1 aliphatic heterocycles. The van der Waals surface area contributed by atoms with E-state index in [1.54, 1.807) is 6.07 Å². The largest absolute Gasteiger partial charge is 0.508 e. The Labute approximate surface area is 210 Å². The topological polar surface area (TPSA) is 69.6 Å². The van der Waals surface area contributed by atoms with Crippen LogP contribution in [0.3, 0.4) is 0 Å². The van der Waals surface area contributed by atoms with Crippen LogP contribution in [0.25, 0.3) is 6.08 Å². The molecule has 178 valence electrons. The molecule has 5 heteroatoms. The number of benzene rings is 3. The first-order chi connectivity index (χ1) is 17.0. The molecule has 3 aliphatic rings. The van der Waals surface area contributed by atoms with Crippen LogP contribution in [-0.2, 0) is 30.5 Å². The van der Waals surface area contributed by atoms with Crippen LogP contribution in [0.5, 0.6) is 11.5 Å². The minimum absolute atomic E-state index is 0.00635. The molecule has 3 aromatic carbocycles. The maximum Gasteiger partial charge on any atom is 0.232 e. The van der Waals surface area contributed by atoms with Crippen molar-refractivity contribution in [3.05, 3.63) is 93.0 Å². The SMILES string of the molecule is O=C1Nc2ccc(CCCl)cc2C1C1C(Cc2cc(O)c3c(c2O)CCCC3)=Cc2ccccc21. The van der Waals surface area contributed by atoms with Crippen molar-refractivity contribution in [1.82, 2.24) is 0 Å². The van der Waals surface area contributed by atoms with Gasteiger partial charge in [-0.25, -0.2) is 0 Å². The van der Waals surface area contributed by atoms with Crippen molar-refractivity contribution in [3.63, 3.8) is 0 Å². The number of hydrogen-bond acceptors (Lipinski definition) is 3. The van der Waals surface area contributed by atoms with Crippen LogP contribution in [0.15, 0.2) is 54.1 Å². The lowest BCUT2D eigenvalue weighted by atomic mass is 9.77. The standard InChI is InChI=1S/C30H28ClNO3/c31-12-11-17-9-10-25-24(13-17)28(30(35)32-25)27-19(14-18-5-1-2-6-21(18)27)15-20-16-26(33)22-7-3-4-8-23(22)29(20)34/h1-2,5-6,9-10,13-14,16,27-28,33-34H,3-4,7-8,11-12,15H2,(H,32,35). The van der Waals surface area contributed by atoms with Crippen molar-refractivity contribution in [3.8, 4) is 11.5 Å². The van der Waals surface area contributed by atoms with Crippen molar-refractivity contribution in [2.45, 2.75) is 50.4 Å². The molecular weight excluding hydrogens is 458 g/mol. The number of phenolic OH excluding ortho intramolecular Hbond substituents is 2. The lowest BCUT2D eigenvalue weighted by Gasteiger charge is -2.25. The number of rotatable bonds is 5. The van der Waals surface area contributed by atoms with E-state index in [9.17, 15) is 15.0 Å². The number of alkyl halides is 1. The number of hydrogen-bond donors (Lipinski definition) is 3. The second-order valence-corrected chi connectivity index (χ2v) is 10.3. The number of amides is 1. The molecule has 3 N–H and O–H groups in total. The molecule has 35 heavy (non-hydrogen) atoms. The minimum Gasteiger partial charge on any atom is -0.508 e. The summed E-state index contributed by atoms with van der Waals surface area (Å²) >= 11 is 6.00. The summed E-state index contributed by atoms with van der Waals surface area (Å²) in [4.78, 5) is 13.4. The van der Waals surface area contributed by atoms with Gasteiger partial charge >= 0.3 is 0 Å². The molecule has 0 spiro atoms. The molecule has 1 heterocycles. The normalized spacial score (nSPS) is 20.1. The molecule has 0 radical (unpaired) electrons. The zero-order chi connectivity index (χ0) is 24.1. The van der Waals surface area contributed by atoms with Crippen LogP contribution in [0.2, 0.25) is 0 Å². The average molecular weight is 486 g/mol. The summed E-state index contributed by atoms with van der Waals surface area (Å²) in [5.41, 5.74) is 8.77. The third-order valence-corrected chi connectivity index (χ3v) is 8.04. The molecule has 2 aliphatic carbocycles. The molecule has 6 rings (SSSR count). The Hall–Kier alpha value is -3.24. The Morgan fingerprint density at radius 3 is 2.57 bits per heavy atom. The summed E-state index contributed by atoms with van der Waals surface area (Å²) in [6, 6.07) is 16.0. The molecule has 0 aromatic heterocycles. The number of anilines is 1. The van der Waals surface area contributed by atoms with Crippen LogP contribution in [0.4, 0.5) is 5.69 Å². The number of fused-ring (bicyclic) bond motifs is 3. The second-order valence-electron chi connectivity index (χ2n) is 9.90. The van der Waals surface area contributed by atoms with E-state index in [4.69, 9.17) is 11.6 Å². The van der Waals surface area contributed by atoms with E-state index >= 15 is 0 Å². The second kappa shape index (κ2) is 8.76. The number of phenols is 2. The Morgan fingerprint density at radius 2 is 1.74 bits per heavy atom. The highest BCUT2D eigenvalue weighted by Gasteiger charge is 2.42. The fourth-order valence-corrected chi connectivity index (χ4v) is 6.44. The molecule has 0 saturated heterocycles. The van der Waals surface area contributed by atoms with Crippen molar-refractivity contribution < 1.29 is 15.0 Å². The fourth-order valence-electron chi connectivity index (χ4n) is 6.22. The van der Waals surface area contributed by atoms with Crippen LogP contribution < -0.4 is 5.32 Å². The molecular formula is C30H28ClNO3. The van der Waals surface area contributed by atoms with Gasteiger partial charge in [0.05, 0.1) is 5.92 Å². The fraction of sp³-hybridized carbons (Fsp3) is 0.300. The third kappa shape index (κ3) is 3.71. The van der Waals surface area contributed by atoms with Gasteiger partial charge in [0, 0.05) is 34.2 Å². The van der Waals surface area contributed by atoms with E-state index in [2.05, 4.69) is 29.6 Å². The maximum atomic E-state index is 13.4. The summed E-state index contributed by atoms with van der Waals surface area (Å²) in [5.74, 6) is 0.597. The average Bonchev–Trinajstić information content (AvgIpc) is 3.38. The van der Waals surface area contributed by atoms with E-state index in [-0.39, 0.29) is 23.5 Å². The highest BCUT2D eigenvalue weighted by molar-refractivity contribution is 6.18. The van der Waals surface area contributed by atoms with Gasteiger partial charge in [-0.05, 0) is 72.9 Å². The first-order valence-electron chi connectivity index (χ1n) is 12.4. The van der Waals surface area contributed by atoms with E-state index in [1.807, 2.05) is 24.3 Å². The number of aromatic hydroxyl groups is 2. The molecule has 0 bridgehead atoms. The molecule has 4 nitrogen and oxygen atoms in total. The third-order valence-electron chi connectivity index (χ3n) is 7.85. The number of aryl methyl sites for hydroxylation is 1. The Morgan fingerprint density at radius 1 is 0.943 bits per heavy atom. The first-order valence-corrected chi connectivity index (χ1v) is 12.9. The van der Waals surface area contributed by atoms with Gasteiger partial charge in [-0.1, -0.05) is 48.0 Å². The van der Waals surface area contributed by atoms with Gasteiger partial charge in [0.25, 0.3) is 0 Å². The highest BCUT2D eigenvalue weighted by atomic mass is 35.5. The van der Waals surface area contributed by atoms with Crippen LogP contribution in [0, 0.1) is 0 Å². The lowest BCUT2D eigenvalue weighted by Crippen LogP contribution is -2.20. The van der Waals surface area contributed by atoms with Gasteiger partial charge in [0.1, 0.15) is 11.5 Å². The summed E-state index contributed by atoms with van der Waals surface area (Å²) in [7, 11) is 0. The van der Waals surface area contributed by atoms with Crippen LogP contribution in [0.1, 0.15) is 63.6 Å². The van der Waals surface area contributed by atoms with Gasteiger partial charge in [-0.15, -0.1) is 11.6 Å². The van der Waals surface area contributed by atoms with Gasteiger partial charge < -0.3 is 15.5 Å². The van der Waals surface area contributed by atoms with Crippen LogP contribution >= 0.6 is 11.6 Å². The number of carbonyl (C=O) groups excluding carboxylic acids is 1. The molecule has 0 saturated carbocycles. The van der Waals surface area contributed by atoms with Crippen LogP contribution in [-0.4, -0.2) is 22.0 Å². The quantitative estimate of drug-likeness (QED) is 0.297. The molecule has 3 aromatic rings. The summed E-state index contributed by atoms with van der Waals surface area (Å²) in [5, 5.41) is 25.0. The number of carbonyl (C=O) groups is 1. The molecule has 2 atom stereocenters.